The van der Waals surface area contributed by atoms with Crippen LogP contribution in [0.3, 0.4) is 0 Å². The zero-order valence-corrected chi connectivity index (χ0v) is 20.8. The van der Waals surface area contributed by atoms with Gasteiger partial charge in [0.15, 0.2) is 29.6 Å². The molecule has 1 aliphatic rings. The number of nitrogens with one attached hydrogen (secondary N) is 1. The fourth-order valence-electron chi connectivity index (χ4n) is 3.63. The average molecular weight is 546 g/mol. The van der Waals surface area contributed by atoms with E-state index >= 15 is 0 Å². The van der Waals surface area contributed by atoms with Crippen molar-refractivity contribution in [3.05, 3.63) is 41.5 Å². The quantitative estimate of drug-likeness (QED) is 0.449. The van der Waals surface area contributed by atoms with Crippen LogP contribution in [0.15, 0.2) is 18.3 Å². The van der Waals surface area contributed by atoms with E-state index in [1.807, 2.05) is 0 Å². The summed E-state index contributed by atoms with van der Waals surface area (Å²) in [6, 6.07) is 1.73. The monoisotopic (exact) mass is 545 g/mol. The summed E-state index contributed by atoms with van der Waals surface area (Å²) in [6.45, 7) is 2.71. The molecule has 0 unspecified atom stereocenters. The molecule has 200 valence electrons. The van der Waals surface area contributed by atoms with Crippen molar-refractivity contribution in [1.29, 1.82) is 0 Å². The predicted molar refractivity (Wildman–Crippen MR) is 122 cm³/mol. The molecular formula is C22H23F4N5O5S. The number of alkyl halides is 2. The third-order valence-corrected chi connectivity index (χ3v) is 7.43. The van der Waals surface area contributed by atoms with Gasteiger partial charge in [-0.3, -0.25) is 4.79 Å². The Hall–Kier alpha value is -3.49. The van der Waals surface area contributed by atoms with Gasteiger partial charge in [0, 0.05) is 24.6 Å². The van der Waals surface area contributed by atoms with E-state index in [1.165, 1.54) is 6.92 Å². The maximum Gasteiger partial charge on any atom is 0.291 e. The number of fused-ring (bicyclic) bond motifs is 1. The molecule has 10 nitrogen and oxygen atoms in total. The van der Waals surface area contributed by atoms with Gasteiger partial charge in [-0.15, -0.1) is 5.10 Å². The van der Waals surface area contributed by atoms with Gasteiger partial charge in [0.25, 0.3) is 17.7 Å². The normalized spacial score (nSPS) is 16.9. The number of carbonyl (C=O) groups is 1. The van der Waals surface area contributed by atoms with Gasteiger partial charge in [-0.1, -0.05) is 0 Å². The molecule has 0 atom stereocenters. The molecule has 0 spiro atoms. The van der Waals surface area contributed by atoms with Crippen molar-refractivity contribution in [2.45, 2.75) is 45.1 Å². The van der Waals surface area contributed by atoms with Crippen molar-refractivity contribution in [3.8, 4) is 17.4 Å². The lowest BCUT2D eigenvalue weighted by Crippen LogP contribution is -2.51. The van der Waals surface area contributed by atoms with Crippen LogP contribution in [-0.4, -0.2) is 63.5 Å². The standard InChI is InChI=1S/C22H23F4N5O5S/c1-12-15(36-20-16(8-13(23)10-27-20)35-11-22(3,25)26)9-14(24)18-28-17(30-31(12)18)19(32)29-21(2)4-6-37(33,34)7-5-21/h8-10H,4-7,11H2,1-3H3,(H,29,32). The molecule has 0 saturated carbocycles. The first-order valence-corrected chi connectivity index (χ1v) is 12.9. The number of ether oxygens (including phenoxy) is 2. The van der Waals surface area contributed by atoms with Crippen molar-refractivity contribution in [2.24, 2.45) is 0 Å². The first-order valence-electron chi connectivity index (χ1n) is 11.1. The van der Waals surface area contributed by atoms with E-state index in [0.717, 1.165) is 22.8 Å². The largest absolute Gasteiger partial charge is 0.482 e. The molecule has 1 N–H and O–H groups in total. The van der Waals surface area contributed by atoms with Crippen LogP contribution >= 0.6 is 0 Å². The minimum absolute atomic E-state index is 0.0736. The molecule has 0 radical (unpaired) electrons. The Morgan fingerprint density at radius 2 is 1.89 bits per heavy atom. The van der Waals surface area contributed by atoms with E-state index in [-0.39, 0.29) is 47.3 Å². The van der Waals surface area contributed by atoms with Crippen LogP contribution in [0.25, 0.3) is 5.65 Å². The molecule has 0 aliphatic carbocycles. The Bertz CT molecular complexity index is 1460. The number of sulfone groups is 1. The van der Waals surface area contributed by atoms with Crippen molar-refractivity contribution < 1.29 is 40.2 Å². The van der Waals surface area contributed by atoms with E-state index in [4.69, 9.17) is 9.47 Å². The molecule has 37 heavy (non-hydrogen) atoms. The minimum atomic E-state index is -3.22. The van der Waals surface area contributed by atoms with Crippen LogP contribution in [0.2, 0.25) is 0 Å². The zero-order chi connectivity index (χ0) is 27.2. The van der Waals surface area contributed by atoms with Crippen LogP contribution in [0.5, 0.6) is 17.4 Å². The van der Waals surface area contributed by atoms with Gasteiger partial charge in [0.2, 0.25) is 5.82 Å². The highest BCUT2D eigenvalue weighted by atomic mass is 32.2. The van der Waals surface area contributed by atoms with Gasteiger partial charge in [-0.25, -0.2) is 35.5 Å². The number of carbonyl (C=O) groups excluding carboxylic acids is 1. The summed E-state index contributed by atoms with van der Waals surface area (Å²) < 4.78 is 89.9. The summed E-state index contributed by atoms with van der Waals surface area (Å²) in [4.78, 5) is 20.5. The summed E-state index contributed by atoms with van der Waals surface area (Å²) in [7, 11) is -3.16. The maximum atomic E-state index is 14.9. The van der Waals surface area contributed by atoms with E-state index < -0.39 is 57.1 Å². The maximum absolute atomic E-state index is 14.9. The fourth-order valence-corrected chi connectivity index (χ4v) is 5.36. The molecule has 3 aromatic heterocycles. The molecule has 0 aromatic carbocycles. The summed E-state index contributed by atoms with van der Waals surface area (Å²) in [5.41, 5.74) is -0.932. The highest BCUT2D eigenvalue weighted by molar-refractivity contribution is 7.91. The molecule has 4 heterocycles. The van der Waals surface area contributed by atoms with Crippen molar-refractivity contribution in [1.82, 2.24) is 24.9 Å². The van der Waals surface area contributed by atoms with E-state index in [2.05, 4.69) is 20.4 Å². The van der Waals surface area contributed by atoms with Gasteiger partial charge in [-0.05, 0) is 26.7 Å². The highest BCUT2D eigenvalue weighted by Gasteiger charge is 2.35. The minimum Gasteiger partial charge on any atom is -0.482 e. The molecule has 1 fully saturated rings. The van der Waals surface area contributed by atoms with E-state index in [0.29, 0.717) is 6.92 Å². The smallest absolute Gasteiger partial charge is 0.291 e. The number of halogens is 4. The molecule has 3 aromatic rings. The van der Waals surface area contributed by atoms with Crippen LogP contribution < -0.4 is 14.8 Å². The number of hydrogen-bond acceptors (Lipinski definition) is 8. The van der Waals surface area contributed by atoms with Crippen molar-refractivity contribution in [2.75, 3.05) is 18.1 Å². The lowest BCUT2D eigenvalue weighted by atomic mass is 9.95. The lowest BCUT2D eigenvalue weighted by molar-refractivity contribution is -0.0236. The van der Waals surface area contributed by atoms with E-state index in [1.54, 1.807) is 6.92 Å². The number of pyridine rings is 2. The predicted octanol–water partition coefficient (Wildman–Crippen LogP) is 3.23. The van der Waals surface area contributed by atoms with E-state index in [9.17, 15) is 30.8 Å². The Morgan fingerprint density at radius 3 is 2.54 bits per heavy atom. The molecule has 1 saturated heterocycles. The number of nitrogens with zero attached hydrogens (tertiary/aromatic N) is 4. The molecule has 4 rings (SSSR count). The third-order valence-electron chi connectivity index (χ3n) is 5.77. The fraction of sp³-hybridized carbons (Fsp3) is 0.455. The second kappa shape index (κ2) is 9.43. The summed E-state index contributed by atoms with van der Waals surface area (Å²) >= 11 is 0. The average Bonchev–Trinajstić information content (AvgIpc) is 3.26. The van der Waals surface area contributed by atoms with Crippen molar-refractivity contribution >= 4 is 21.4 Å². The summed E-state index contributed by atoms with van der Waals surface area (Å²) in [5.74, 6) is -7.22. The third kappa shape index (κ3) is 6.09. The number of rotatable bonds is 7. The Kier molecular flexibility index (Phi) is 6.77. The van der Waals surface area contributed by atoms with Gasteiger partial charge >= 0.3 is 0 Å². The molecular weight excluding hydrogens is 522 g/mol. The SMILES string of the molecule is Cc1c(Oc2ncc(F)cc2OCC(C)(F)F)cc(F)c2nc(C(=O)NC3(C)CCS(=O)(=O)CC3)nn12. The molecule has 1 aliphatic heterocycles. The first kappa shape index (κ1) is 26.6. The van der Waals surface area contributed by atoms with Crippen LogP contribution in [0.1, 0.15) is 43.0 Å². The van der Waals surface area contributed by atoms with Gasteiger partial charge in [-0.2, -0.15) is 4.98 Å². The second-order valence-electron chi connectivity index (χ2n) is 9.20. The Labute approximate surface area is 208 Å². The Balaban J connectivity index is 1.60. The van der Waals surface area contributed by atoms with Gasteiger partial charge in [0.05, 0.1) is 23.4 Å². The van der Waals surface area contributed by atoms with Gasteiger partial charge in [0.1, 0.15) is 15.7 Å². The molecule has 0 bridgehead atoms. The second-order valence-corrected chi connectivity index (χ2v) is 11.5. The lowest BCUT2D eigenvalue weighted by Gasteiger charge is -2.33. The summed E-state index contributed by atoms with van der Waals surface area (Å²) in [6.07, 6.45) is 1.18. The molecule has 15 heteroatoms. The summed E-state index contributed by atoms with van der Waals surface area (Å²) in [5, 5.41) is 6.77. The number of amides is 1. The number of aromatic nitrogens is 4. The number of hydrogen-bond donors (Lipinski definition) is 1. The Morgan fingerprint density at radius 1 is 1.22 bits per heavy atom. The van der Waals surface area contributed by atoms with Crippen LogP contribution in [0, 0.1) is 18.6 Å². The van der Waals surface area contributed by atoms with Crippen LogP contribution in [-0.2, 0) is 9.84 Å². The first-order chi connectivity index (χ1) is 17.1. The van der Waals surface area contributed by atoms with Gasteiger partial charge < -0.3 is 14.8 Å². The zero-order valence-electron chi connectivity index (χ0n) is 20.0. The van der Waals surface area contributed by atoms with Crippen molar-refractivity contribution in [3.63, 3.8) is 0 Å². The topological polar surface area (TPSA) is 125 Å². The van der Waals surface area contributed by atoms with Crippen LogP contribution in [0.4, 0.5) is 17.6 Å². The highest BCUT2D eigenvalue weighted by Crippen LogP contribution is 2.33. The number of aryl methyl sites for hydroxylation is 1. The molecule has 1 amide bonds.